The predicted molar refractivity (Wildman–Crippen MR) is 46.3 cm³/mol. The third-order valence-corrected chi connectivity index (χ3v) is 3.03. The van der Waals surface area contributed by atoms with Crippen molar-refractivity contribution in [2.75, 3.05) is 12.4 Å². The van der Waals surface area contributed by atoms with Gasteiger partial charge in [0, 0.05) is 6.61 Å². The zero-order chi connectivity index (χ0) is 7.23. The fourth-order valence-corrected chi connectivity index (χ4v) is 2.12. The number of hydrogen-bond acceptors (Lipinski definition) is 2. The van der Waals surface area contributed by atoms with Crippen molar-refractivity contribution in [3.8, 4) is 0 Å². The van der Waals surface area contributed by atoms with Gasteiger partial charge in [-0.25, -0.2) is 0 Å². The van der Waals surface area contributed by atoms with Gasteiger partial charge in [-0.3, -0.25) is 0 Å². The average Bonchev–Trinajstić information content (AvgIpc) is 2.03. The second-order valence-corrected chi connectivity index (χ2v) is 3.93. The average molecular weight is 160 g/mol. The molecule has 0 saturated carbocycles. The monoisotopic (exact) mass is 160 g/mol. The second kappa shape index (κ2) is 5.03. The van der Waals surface area contributed by atoms with Crippen molar-refractivity contribution in [2.24, 2.45) is 0 Å². The molecule has 0 amide bonds. The van der Waals surface area contributed by atoms with Crippen molar-refractivity contribution in [2.45, 2.75) is 38.0 Å². The summed E-state index contributed by atoms with van der Waals surface area (Å²) in [7, 11) is 0. The van der Waals surface area contributed by atoms with Gasteiger partial charge in [-0.15, -0.1) is 11.8 Å². The Hall–Kier alpha value is 0.310. The minimum Gasteiger partial charge on any atom is -0.368 e. The summed E-state index contributed by atoms with van der Waals surface area (Å²) in [6, 6.07) is 0. The topological polar surface area (TPSA) is 9.23 Å². The number of hydrogen-bond donors (Lipinski definition) is 0. The Morgan fingerprint density at radius 1 is 1.50 bits per heavy atom. The molecule has 1 nitrogen and oxygen atoms in total. The van der Waals surface area contributed by atoms with Crippen LogP contribution in [-0.2, 0) is 4.74 Å². The van der Waals surface area contributed by atoms with Gasteiger partial charge in [0.1, 0.15) is 5.44 Å². The summed E-state index contributed by atoms with van der Waals surface area (Å²) >= 11 is 1.98. The predicted octanol–water partition coefficient (Wildman–Crippen LogP) is 2.66. The maximum absolute atomic E-state index is 5.54. The van der Waals surface area contributed by atoms with E-state index in [-0.39, 0.29) is 0 Å². The Labute approximate surface area is 67.5 Å². The van der Waals surface area contributed by atoms with Crippen LogP contribution in [0.25, 0.3) is 0 Å². The highest BCUT2D eigenvalue weighted by Gasteiger charge is 2.12. The van der Waals surface area contributed by atoms with Crippen LogP contribution >= 0.6 is 11.8 Å². The lowest BCUT2D eigenvalue weighted by Gasteiger charge is -2.21. The summed E-state index contributed by atoms with van der Waals surface area (Å²) in [4.78, 5) is 0. The first-order valence-corrected chi connectivity index (χ1v) is 5.21. The molecule has 1 saturated heterocycles. The summed E-state index contributed by atoms with van der Waals surface area (Å²) in [5.74, 6) is 1.25. The highest BCUT2D eigenvalue weighted by Crippen LogP contribution is 2.23. The van der Waals surface area contributed by atoms with Gasteiger partial charge < -0.3 is 4.74 Å². The van der Waals surface area contributed by atoms with E-state index < -0.39 is 0 Å². The number of thioether (sulfide) groups is 1. The Bertz CT molecular complexity index is 79.3. The maximum atomic E-state index is 5.54. The second-order valence-electron chi connectivity index (χ2n) is 2.67. The third kappa shape index (κ3) is 2.93. The molecule has 0 radical (unpaired) electrons. The van der Waals surface area contributed by atoms with Crippen molar-refractivity contribution < 1.29 is 4.74 Å². The molecule has 1 aliphatic rings. The molecule has 60 valence electrons. The molecule has 1 heterocycles. The summed E-state index contributed by atoms with van der Waals surface area (Å²) < 4.78 is 5.54. The van der Waals surface area contributed by atoms with Crippen molar-refractivity contribution in [3.05, 3.63) is 0 Å². The molecule has 0 aromatic heterocycles. The van der Waals surface area contributed by atoms with Gasteiger partial charge >= 0.3 is 0 Å². The van der Waals surface area contributed by atoms with Crippen LogP contribution in [0.4, 0.5) is 0 Å². The van der Waals surface area contributed by atoms with Gasteiger partial charge in [0.25, 0.3) is 0 Å². The van der Waals surface area contributed by atoms with Crippen LogP contribution in [0.3, 0.4) is 0 Å². The van der Waals surface area contributed by atoms with Gasteiger partial charge in [0.15, 0.2) is 0 Å². The highest BCUT2D eigenvalue weighted by molar-refractivity contribution is 7.99. The number of ether oxygens (including phenoxy) is 1. The summed E-state index contributed by atoms with van der Waals surface area (Å²) in [5, 5.41) is 0. The SMILES string of the molecule is CCCSC1CCCCO1. The van der Waals surface area contributed by atoms with Gasteiger partial charge in [-0.05, 0) is 31.4 Å². The quantitative estimate of drug-likeness (QED) is 0.627. The fraction of sp³-hybridized carbons (Fsp3) is 1.00. The Morgan fingerprint density at radius 2 is 2.40 bits per heavy atom. The van der Waals surface area contributed by atoms with Crippen LogP contribution in [0, 0.1) is 0 Å². The molecule has 1 fully saturated rings. The molecule has 0 bridgehead atoms. The highest BCUT2D eigenvalue weighted by atomic mass is 32.2. The molecule has 1 rings (SSSR count). The van der Waals surface area contributed by atoms with Crippen LogP contribution in [0.5, 0.6) is 0 Å². The smallest absolute Gasteiger partial charge is 0.103 e. The first-order chi connectivity index (χ1) is 4.93. The normalized spacial score (nSPS) is 26.7. The molecular formula is C8H16OS. The van der Waals surface area contributed by atoms with Crippen LogP contribution < -0.4 is 0 Å². The lowest BCUT2D eigenvalue weighted by Crippen LogP contribution is -2.15. The van der Waals surface area contributed by atoms with E-state index in [0.717, 1.165) is 6.61 Å². The van der Waals surface area contributed by atoms with Gasteiger partial charge in [-0.1, -0.05) is 6.92 Å². The van der Waals surface area contributed by atoms with E-state index in [9.17, 15) is 0 Å². The van der Waals surface area contributed by atoms with Crippen LogP contribution in [0.15, 0.2) is 0 Å². The van der Waals surface area contributed by atoms with E-state index >= 15 is 0 Å². The zero-order valence-electron chi connectivity index (χ0n) is 6.64. The fourth-order valence-electron chi connectivity index (χ4n) is 1.09. The summed E-state index contributed by atoms with van der Waals surface area (Å²) in [6.45, 7) is 3.21. The third-order valence-electron chi connectivity index (χ3n) is 1.65. The minimum atomic E-state index is 0.522. The lowest BCUT2D eigenvalue weighted by molar-refractivity contribution is 0.0728. The van der Waals surface area contributed by atoms with E-state index in [2.05, 4.69) is 6.92 Å². The molecule has 0 aliphatic carbocycles. The molecule has 0 N–H and O–H groups in total. The Kier molecular flexibility index (Phi) is 4.23. The first-order valence-electron chi connectivity index (χ1n) is 4.16. The Morgan fingerprint density at radius 3 is 3.00 bits per heavy atom. The van der Waals surface area contributed by atoms with E-state index in [1.165, 1.54) is 31.4 Å². The molecule has 0 aromatic carbocycles. The lowest BCUT2D eigenvalue weighted by atomic mass is 10.2. The van der Waals surface area contributed by atoms with E-state index in [4.69, 9.17) is 4.74 Å². The zero-order valence-corrected chi connectivity index (χ0v) is 7.45. The minimum absolute atomic E-state index is 0.522. The largest absolute Gasteiger partial charge is 0.368 e. The summed E-state index contributed by atoms with van der Waals surface area (Å²) in [5.41, 5.74) is 0.522. The van der Waals surface area contributed by atoms with Crippen LogP contribution in [0.1, 0.15) is 32.6 Å². The molecule has 1 atom stereocenters. The van der Waals surface area contributed by atoms with Crippen molar-refractivity contribution in [1.29, 1.82) is 0 Å². The van der Waals surface area contributed by atoms with E-state index in [1.807, 2.05) is 11.8 Å². The number of rotatable bonds is 3. The Balaban J connectivity index is 2.02. The van der Waals surface area contributed by atoms with Crippen molar-refractivity contribution in [1.82, 2.24) is 0 Å². The van der Waals surface area contributed by atoms with Crippen molar-refractivity contribution >= 4 is 11.8 Å². The van der Waals surface area contributed by atoms with Gasteiger partial charge in [-0.2, -0.15) is 0 Å². The molecule has 2 heteroatoms. The molecule has 0 spiro atoms. The maximum Gasteiger partial charge on any atom is 0.103 e. The van der Waals surface area contributed by atoms with Crippen molar-refractivity contribution in [3.63, 3.8) is 0 Å². The van der Waals surface area contributed by atoms with Crippen LogP contribution in [-0.4, -0.2) is 17.8 Å². The van der Waals surface area contributed by atoms with Crippen LogP contribution in [0.2, 0.25) is 0 Å². The molecular weight excluding hydrogens is 144 g/mol. The van der Waals surface area contributed by atoms with E-state index in [1.54, 1.807) is 0 Å². The van der Waals surface area contributed by atoms with Gasteiger partial charge in [0.05, 0.1) is 0 Å². The summed E-state index contributed by atoms with van der Waals surface area (Å²) in [6.07, 6.45) is 5.17. The molecule has 0 aromatic rings. The molecule has 1 aliphatic heterocycles. The first kappa shape index (κ1) is 8.41. The van der Waals surface area contributed by atoms with Gasteiger partial charge in [0.2, 0.25) is 0 Å². The standard InChI is InChI=1S/C8H16OS/c1-2-7-10-8-5-3-4-6-9-8/h8H,2-7H2,1H3. The molecule has 10 heavy (non-hydrogen) atoms. The molecule has 1 unspecified atom stereocenters. The van der Waals surface area contributed by atoms with E-state index in [0.29, 0.717) is 5.44 Å².